The number of thiophene rings is 1. The minimum absolute atomic E-state index is 0.180. The lowest BCUT2D eigenvalue weighted by atomic mass is 10.1. The van der Waals surface area contributed by atoms with Crippen LogP contribution < -0.4 is 11.3 Å². The molecular weight excluding hydrogens is 322 g/mol. The van der Waals surface area contributed by atoms with E-state index in [4.69, 9.17) is 5.73 Å². The van der Waals surface area contributed by atoms with Crippen molar-refractivity contribution in [2.45, 2.75) is 6.42 Å². The summed E-state index contributed by atoms with van der Waals surface area (Å²) in [6.45, 7) is 0. The van der Waals surface area contributed by atoms with E-state index in [2.05, 4.69) is 21.1 Å². The average Bonchev–Trinajstić information content (AvgIpc) is 3.17. The van der Waals surface area contributed by atoms with Crippen molar-refractivity contribution >= 4 is 28.1 Å². The van der Waals surface area contributed by atoms with E-state index in [1.54, 1.807) is 29.1 Å². The Bertz CT molecular complexity index is 1080. The second kappa shape index (κ2) is 5.61. The fraction of sp³-hybridized carbons (Fsp3) is 0.118. The standard InChI is InChI=1S/C17H15N5OS/c1-22-15(18)14(13(21-22)9-10-5-4-8-24-10)16-19-12-7-3-2-6-11(12)17(23)20-16/h2-8H,9,18H2,1H3,(H,19,20,23). The Morgan fingerprint density at radius 2 is 2.08 bits per heavy atom. The molecule has 0 fully saturated rings. The van der Waals surface area contributed by atoms with Gasteiger partial charge in [0.25, 0.3) is 5.56 Å². The molecule has 0 spiro atoms. The van der Waals surface area contributed by atoms with E-state index in [-0.39, 0.29) is 5.56 Å². The van der Waals surface area contributed by atoms with Gasteiger partial charge >= 0.3 is 0 Å². The number of nitrogens with two attached hydrogens (primary N) is 1. The number of aromatic amines is 1. The number of H-pyrrole nitrogens is 1. The maximum Gasteiger partial charge on any atom is 0.259 e. The summed E-state index contributed by atoms with van der Waals surface area (Å²) in [6.07, 6.45) is 0.647. The molecule has 3 N–H and O–H groups in total. The van der Waals surface area contributed by atoms with Crippen molar-refractivity contribution < 1.29 is 0 Å². The summed E-state index contributed by atoms with van der Waals surface area (Å²) in [4.78, 5) is 21.0. The Morgan fingerprint density at radius 1 is 1.25 bits per heavy atom. The van der Waals surface area contributed by atoms with Crippen LogP contribution in [0.2, 0.25) is 0 Å². The van der Waals surface area contributed by atoms with Gasteiger partial charge in [-0.05, 0) is 23.6 Å². The van der Waals surface area contributed by atoms with Crippen LogP contribution >= 0.6 is 11.3 Å². The van der Waals surface area contributed by atoms with E-state index in [9.17, 15) is 4.79 Å². The van der Waals surface area contributed by atoms with Crippen molar-refractivity contribution in [3.8, 4) is 11.4 Å². The van der Waals surface area contributed by atoms with E-state index in [1.807, 2.05) is 29.6 Å². The zero-order chi connectivity index (χ0) is 16.7. The summed E-state index contributed by atoms with van der Waals surface area (Å²) in [5, 5.41) is 7.09. The van der Waals surface area contributed by atoms with Crippen molar-refractivity contribution in [2.24, 2.45) is 7.05 Å². The van der Waals surface area contributed by atoms with Gasteiger partial charge in [0.1, 0.15) is 11.6 Å². The molecular formula is C17H15N5OS. The molecule has 3 heterocycles. The van der Waals surface area contributed by atoms with Crippen LogP contribution in [0.3, 0.4) is 0 Å². The first-order valence-corrected chi connectivity index (χ1v) is 8.34. The van der Waals surface area contributed by atoms with Gasteiger partial charge in [0.15, 0.2) is 0 Å². The maximum absolute atomic E-state index is 12.4. The van der Waals surface area contributed by atoms with Crippen LogP contribution in [0.15, 0.2) is 46.6 Å². The second-order valence-corrected chi connectivity index (χ2v) is 6.55. The maximum atomic E-state index is 12.4. The Morgan fingerprint density at radius 3 is 2.88 bits per heavy atom. The molecule has 0 atom stereocenters. The smallest absolute Gasteiger partial charge is 0.259 e. The molecule has 0 unspecified atom stereocenters. The number of aromatic nitrogens is 4. The summed E-state index contributed by atoms with van der Waals surface area (Å²) in [7, 11) is 1.79. The highest BCUT2D eigenvalue weighted by Crippen LogP contribution is 2.29. The SMILES string of the molecule is Cn1nc(Cc2cccs2)c(-c2nc3ccccc3c(=O)[nH]2)c1N. The van der Waals surface area contributed by atoms with Crippen LogP contribution in [0, 0.1) is 0 Å². The van der Waals surface area contributed by atoms with Crippen molar-refractivity contribution in [2.75, 3.05) is 5.73 Å². The number of nitrogens with zero attached hydrogens (tertiary/aromatic N) is 3. The summed E-state index contributed by atoms with van der Waals surface area (Å²) >= 11 is 1.66. The molecule has 120 valence electrons. The van der Waals surface area contributed by atoms with Gasteiger partial charge in [0.05, 0.1) is 22.2 Å². The molecule has 0 aliphatic rings. The number of rotatable bonds is 3. The largest absolute Gasteiger partial charge is 0.383 e. The summed E-state index contributed by atoms with van der Waals surface area (Å²) in [5.74, 6) is 0.941. The number of para-hydroxylation sites is 1. The van der Waals surface area contributed by atoms with Gasteiger partial charge < -0.3 is 10.7 Å². The molecule has 0 aliphatic heterocycles. The zero-order valence-electron chi connectivity index (χ0n) is 13.0. The Hall–Kier alpha value is -2.93. The minimum Gasteiger partial charge on any atom is -0.383 e. The fourth-order valence-corrected chi connectivity index (χ4v) is 3.47. The van der Waals surface area contributed by atoms with Crippen molar-refractivity contribution in [3.05, 3.63) is 62.7 Å². The number of fused-ring (bicyclic) bond motifs is 1. The van der Waals surface area contributed by atoms with E-state index >= 15 is 0 Å². The highest BCUT2D eigenvalue weighted by Gasteiger charge is 2.19. The average molecular weight is 337 g/mol. The molecule has 3 aromatic heterocycles. The van der Waals surface area contributed by atoms with Crippen LogP contribution in [0.25, 0.3) is 22.3 Å². The normalized spacial score (nSPS) is 11.2. The van der Waals surface area contributed by atoms with Gasteiger partial charge in [-0.2, -0.15) is 5.10 Å². The first-order chi connectivity index (χ1) is 11.6. The lowest BCUT2D eigenvalue weighted by Gasteiger charge is -2.05. The summed E-state index contributed by atoms with van der Waals surface area (Å²) in [5.41, 5.74) is 8.15. The highest BCUT2D eigenvalue weighted by molar-refractivity contribution is 7.09. The molecule has 0 amide bonds. The molecule has 24 heavy (non-hydrogen) atoms. The number of nitrogen functional groups attached to an aromatic ring is 1. The van der Waals surface area contributed by atoms with Gasteiger partial charge in [0, 0.05) is 18.3 Å². The van der Waals surface area contributed by atoms with Crippen LogP contribution in [0.4, 0.5) is 5.82 Å². The summed E-state index contributed by atoms with van der Waals surface area (Å²) in [6, 6.07) is 11.3. The molecule has 0 saturated carbocycles. The number of benzene rings is 1. The molecule has 0 bridgehead atoms. The van der Waals surface area contributed by atoms with E-state index < -0.39 is 0 Å². The van der Waals surface area contributed by atoms with Crippen molar-refractivity contribution in [1.29, 1.82) is 0 Å². The van der Waals surface area contributed by atoms with Crippen LogP contribution in [-0.4, -0.2) is 19.7 Å². The van der Waals surface area contributed by atoms with Crippen LogP contribution in [0.5, 0.6) is 0 Å². The monoisotopic (exact) mass is 337 g/mol. The Labute approximate surface area is 141 Å². The number of hydrogen-bond donors (Lipinski definition) is 2. The molecule has 0 aliphatic carbocycles. The number of aryl methyl sites for hydroxylation is 1. The Balaban J connectivity index is 1.91. The predicted octanol–water partition coefficient (Wildman–Crippen LogP) is 2.56. The van der Waals surface area contributed by atoms with Gasteiger partial charge in [0.2, 0.25) is 0 Å². The third-order valence-electron chi connectivity index (χ3n) is 3.94. The molecule has 6 nitrogen and oxygen atoms in total. The van der Waals surface area contributed by atoms with Crippen molar-refractivity contribution in [3.63, 3.8) is 0 Å². The van der Waals surface area contributed by atoms with E-state index in [0.29, 0.717) is 34.5 Å². The highest BCUT2D eigenvalue weighted by atomic mass is 32.1. The van der Waals surface area contributed by atoms with Gasteiger partial charge in [-0.25, -0.2) is 4.98 Å². The minimum atomic E-state index is -0.180. The molecule has 7 heteroatoms. The summed E-state index contributed by atoms with van der Waals surface area (Å²) < 4.78 is 1.62. The fourth-order valence-electron chi connectivity index (χ4n) is 2.76. The van der Waals surface area contributed by atoms with Crippen LogP contribution in [0.1, 0.15) is 10.6 Å². The quantitative estimate of drug-likeness (QED) is 0.601. The van der Waals surface area contributed by atoms with Gasteiger partial charge in [-0.3, -0.25) is 9.48 Å². The van der Waals surface area contributed by atoms with Gasteiger partial charge in [-0.1, -0.05) is 18.2 Å². The number of anilines is 1. The third kappa shape index (κ3) is 2.39. The zero-order valence-corrected chi connectivity index (χ0v) is 13.8. The third-order valence-corrected chi connectivity index (χ3v) is 4.81. The second-order valence-electron chi connectivity index (χ2n) is 5.52. The molecule has 1 aromatic carbocycles. The molecule has 0 radical (unpaired) electrons. The Kier molecular flexibility index (Phi) is 3.42. The van der Waals surface area contributed by atoms with E-state index in [0.717, 1.165) is 5.69 Å². The van der Waals surface area contributed by atoms with Crippen molar-refractivity contribution in [1.82, 2.24) is 19.7 Å². The van der Waals surface area contributed by atoms with Gasteiger partial charge in [-0.15, -0.1) is 11.3 Å². The number of hydrogen-bond acceptors (Lipinski definition) is 5. The first-order valence-electron chi connectivity index (χ1n) is 7.46. The lowest BCUT2D eigenvalue weighted by Crippen LogP contribution is -2.10. The first kappa shape index (κ1) is 14.6. The topological polar surface area (TPSA) is 89.6 Å². The van der Waals surface area contributed by atoms with Crippen LogP contribution in [-0.2, 0) is 13.5 Å². The molecule has 4 aromatic rings. The molecule has 0 saturated heterocycles. The van der Waals surface area contributed by atoms with E-state index in [1.165, 1.54) is 4.88 Å². The lowest BCUT2D eigenvalue weighted by molar-refractivity contribution is 0.760. The predicted molar refractivity (Wildman–Crippen MR) is 96.1 cm³/mol. The molecule has 4 rings (SSSR count). The number of nitrogens with one attached hydrogen (secondary N) is 1.